The van der Waals surface area contributed by atoms with Gasteiger partial charge in [0.2, 0.25) is 0 Å². The number of hydrogen-bond acceptors (Lipinski definition) is 4. The van der Waals surface area contributed by atoms with Gasteiger partial charge in [-0.05, 0) is 18.2 Å². The first kappa shape index (κ1) is 14.1. The van der Waals surface area contributed by atoms with Gasteiger partial charge in [-0.3, -0.25) is 0 Å². The summed E-state index contributed by atoms with van der Waals surface area (Å²) in [4.78, 5) is 0. The van der Waals surface area contributed by atoms with Crippen LogP contribution in [0.3, 0.4) is 0 Å². The molecule has 0 unspecified atom stereocenters. The van der Waals surface area contributed by atoms with Gasteiger partial charge in [-0.15, -0.1) is 0 Å². The van der Waals surface area contributed by atoms with E-state index < -0.39 is 11.7 Å². The molecule has 0 aliphatic carbocycles. The first-order chi connectivity index (χ1) is 8.92. The van der Waals surface area contributed by atoms with Crippen LogP contribution >= 0.6 is 0 Å². The number of rotatable bonds is 2. The van der Waals surface area contributed by atoms with Crippen LogP contribution in [0.1, 0.15) is 11.1 Å². The van der Waals surface area contributed by atoms with Crippen molar-refractivity contribution in [1.82, 2.24) is 0 Å². The molecule has 0 aliphatic rings. The maximum atomic E-state index is 12.5. The summed E-state index contributed by atoms with van der Waals surface area (Å²) in [7, 11) is 0. The van der Waals surface area contributed by atoms with Gasteiger partial charge in [0.15, 0.2) is 0 Å². The third kappa shape index (κ3) is 3.49. The van der Waals surface area contributed by atoms with Gasteiger partial charge in [0.1, 0.15) is 23.8 Å². The van der Waals surface area contributed by atoms with Crippen molar-refractivity contribution in [3.63, 3.8) is 0 Å². The maximum Gasteiger partial charge on any atom is 0.416 e. The molecule has 0 fully saturated rings. The smallest absolute Gasteiger partial charge is 0.359 e. The van der Waals surface area contributed by atoms with Crippen LogP contribution < -0.4 is 5.32 Å². The van der Waals surface area contributed by atoms with E-state index in [1.165, 1.54) is 12.1 Å². The molecule has 4 nitrogen and oxygen atoms in total. The Morgan fingerprint density at radius 1 is 1.16 bits per heavy atom. The van der Waals surface area contributed by atoms with E-state index in [1.54, 1.807) is 6.07 Å². The van der Waals surface area contributed by atoms with E-state index in [2.05, 4.69) is 5.32 Å². The molecule has 7 heteroatoms. The first-order valence-corrected chi connectivity index (χ1v) is 4.80. The minimum absolute atomic E-state index is 0.0283. The number of hydrogen-bond donors (Lipinski definition) is 1. The molecule has 0 aliphatic heterocycles. The zero-order valence-corrected chi connectivity index (χ0v) is 9.28. The van der Waals surface area contributed by atoms with Crippen LogP contribution in [0.2, 0.25) is 0 Å². The van der Waals surface area contributed by atoms with E-state index in [-0.39, 0.29) is 16.8 Å². The highest BCUT2D eigenvalue weighted by molar-refractivity contribution is 5.61. The highest BCUT2D eigenvalue weighted by Crippen LogP contribution is 2.32. The van der Waals surface area contributed by atoms with Gasteiger partial charge in [-0.25, -0.2) is 0 Å². The van der Waals surface area contributed by atoms with Gasteiger partial charge in [0.05, 0.1) is 16.8 Å². The molecule has 0 saturated carbocycles. The lowest BCUT2D eigenvalue weighted by molar-refractivity contribution is -0.137. The largest absolute Gasteiger partial charge is 0.416 e. The SMILES string of the molecule is N#CC(C#N)=CNc1cc(C(F)(F)F)ccc1C#N. The van der Waals surface area contributed by atoms with Crippen molar-refractivity contribution in [2.24, 2.45) is 0 Å². The van der Waals surface area contributed by atoms with E-state index >= 15 is 0 Å². The van der Waals surface area contributed by atoms with Gasteiger partial charge in [0.25, 0.3) is 0 Å². The van der Waals surface area contributed by atoms with Gasteiger partial charge >= 0.3 is 6.18 Å². The molecule has 1 aromatic carbocycles. The van der Waals surface area contributed by atoms with E-state index in [0.29, 0.717) is 0 Å². The fourth-order valence-electron chi connectivity index (χ4n) is 1.18. The van der Waals surface area contributed by atoms with Crippen molar-refractivity contribution in [2.45, 2.75) is 6.18 Å². The topological polar surface area (TPSA) is 83.4 Å². The number of anilines is 1. The summed E-state index contributed by atoms with van der Waals surface area (Å²) in [6.45, 7) is 0. The summed E-state index contributed by atoms with van der Waals surface area (Å²) < 4.78 is 37.5. The van der Waals surface area contributed by atoms with Crippen LogP contribution in [-0.2, 0) is 6.18 Å². The molecular formula is C12H5F3N4. The summed E-state index contributed by atoms with van der Waals surface area (Å²) in [5.41, 5.74) is -1.40. The number of alkyl halides is 3. The number of allylic oxidation sites excluding steroid dienone is 1. The van der Waals surface area contributed by atoms with Crippen molar-refractivity contribution >= 4 is 5.69 Å². The molecule has 1 rings (SSSR count). The minimum atomic E-state index is -4.54. The van der Waals surface area contributed by atoms with E-state index in [4.69, 9.17) is 15.8 Å². The summed E-state index contributed by atoms with van der Waals surface area (Å²) in [6.07, 6.45) is -3.60. The number of nitrogens with one attached hydrogen (secondary N) is 1. The third-order valence-electron chi connectivity index (χ3n) is 2.08. The molecule has 0 spiro atoms. The minimum Gasteiger partial charge on any atom is -0.359 e. The third-order valence-corrected chi connectivity index (χ3v) is 2.08. The van der Waals surface area contributed by atoms with Crippen LogP contribution in [0.25, 0.3) is 0 Å². The Labute approximate surface area is 106 Å². The van der Waals surface area contributed by atoms with E-state index in [0.717, 1.165) is 24.4 Å². The van der Waals surface area contributed by atoms with Crippen molar-refractivity contribution in [1.29, 1.82) is 15.8 Å². The van der Waals surface area contributed by atoms with Crippen LogP contribution in [0, 0.1) is 34.0 Å². The number of halogens is 3. The predicted molar refractivity (Wildman–Crippen MR) is 59.1 cm³/mol. The van der Waals surface area contributed by atoms with Gasteiger partial charge in [-0.2, -0.15) is 29.0 Å². The lowest BCUT2D eigenvalue weighted by atomic mass is 10.1. The average Bonchev–Trinajstić information content (AvgIpc) is 2.38. The Morgan fingerprint density at radius 3 is 2.26 bits per heavy atom. The first-order valence-electron chi connectivity index (χ1n) is 4.80. The lowest BCUT2D eigenvalue weighted by Crippen LogP contribution is -2.06. The molecule has 0 saturated heterocycles. The zero-order valence-electron chi connectivity index (χ0n) is 9.28. The molecule has 0 bridgehead atoms. The molecule has 0 aromatic heterocycles. The summed E-state index contributed by atoms with van der Waals surface area (Å²) >= 11 is 0. The Bertz CT molecular complexity index is 623. The summed E-state index contributed by atoms with van der Waals surface area (Å²) in [6, 6.07) is 7.31. The van der Waals surface area contributed by atoms with E-state index in [9.17, 15) is 13.2 Å². The van der Waals surface area contributed by atoms with Crippen LogP contribution in [0.15, 0.2) is 30.0 Å². The molecule has 0 heterocycles. The number of nitriles is 3. The molecule has 19 heavy (non-hydrogen) atoms. The molecule has 0 atom stereocenters. The Balaban J connectivity index is 3.20. The monoisotopic (exact) mass is 262 g/mol. The van der Waals surface area contributed by atoms with Crippen LogP contribution in [-0.4, -0.2) is 0 Å². The van der Waals surface area contributed by atoms with Crippen molar-refractivity contribution in [2.75, 3.05) is 5.32 Å². The quantitative estimate of drug-likeness (QED) is 0.830. The lowest BCUT2D eigenvalue weighted by Gasteiger charge is -2.10. The molecule has 94 valence electrons. The van der Waals surface area contributed by atoms with E-state index in [1.807, 2.05) is 0 Å². The average molecular weight is 262 g/mol. The van der Waals surface area contributed by atoms with Gasteiger partial charge in [-0.1, -0.05) is 0 Å². The second-order valence-electron chi connectivity index (χ2n) is 3.30. The fourth-order valence-corrected chi connectivity index (χ4v) is 1.18. The Kier molecular flexibility index (Phi) is 4.13. The van der Waals surface area contributed by atoms with Crippen LogP contribution in [0.5, 0.6) is 0 Å². The normalized spacial score (nSPS) is 9.68. The highest BCUT2D eigenvalue weighted by Gasteiger charge is 2.30. The van der Waals surface area contributed by atoms with Crippen molar-refractivity contribution < 1.29 is 13.2 Å². The maximum absolute atomic E-state index is 12.5. The second-order valence-corrected chi connectivity index (χ2v) is 3.30. The van der Waals surface area contributed by atoms with Crippen molar-refractivity contribution in [3.8, 4) is 18.2 Å². The van der Waals surface area contributed by atoms with Gasteiger partial charge < -0.3 is 5.32 Å². The Morgan fingerprint density at radius 2 is 1.79 bits per heavy atom. The molecule has 1 aromatic rings. The van der Waals surface area contributed by atoms with Crippen molar-refractivity contribution in [3.05, 3.63) is 41.1 Å². The second kappa shape index (κ2) is 5.57. The number of nitrogens with zero attached hydrogens (tertiary/aromatic N) is 3. The standard InChI is InChI=1S/C12H5F3N4/c13-12(14,15)10-2-1-9(6-18)11(3-10)19-7-8(4-16)5-17/h1-3,7,19H. The molecular weight excluding hydrogens is 257 g/mol. The molecule has 0 radical (unpaired) electrons. The molecule has 1 N–H and O–H groups in total. The highest BCUT2D eigenvalue weighted by atomic mass is 19.4. The Hall–Kier alpha value is -2.98. The summed E-state index contributed by atoms with van der Waals surface area (Å²) in [5, 5.41) is 28.1. The summed E-state index contributed by atoms with van der Waals surface area (Å²) in [5.74, 6) is 0. The number of benzene rings is 1. The fraction of sp³-hybridized carbons (Fsp3) is 0.0833. The predicted octanol–water partition coefficient (Wildman–Crippen LogP) is 2.92. The molecule has 0 amide bonds. The van der Waals surface area contributed by atoms with Gasteiger partial charge in [0, 0.05) is 6.20 Å². The van der Waals surface area contributed by atoms with Crippen LogP contribution in [0.4, 0.5) is 18.9 Å². The zero-order chi connectivity index (χ0) is 14.5.